The van der Waals surface area contributed by atoms with Crippen LogP contribution in [0, 0.1) is 11.8 Å². The number of hydrogen-bond acceptors (Lipinski definition) is 2. The van der Waals surface area contributed by atoms with Crippen LogP contribution in [0.4, 0.5) is 0 Å². The summed E-state index contributed by atoms with van der Waals surface area (Å²) in [5.41, 5.74) is 0. The standard InChI is InChI=1S/C13H27NO/c1-10(2)6-5-7-13(14-4)12-8-11(3)15-9-12/h10-14H,5-9H2,1-4H3. The molecule has 1 rings (SSSR count). The summed E-state index contributed by atoms with van der Waals surface area (Å²) < 4.78 is 5.64. The molecule has 0 saturated carbocycles. The van der Waals surface area contributed by atoms with Crippen LogP contribution < -0.4 is 5.32 Å². The molecule has 15 heavy (non-hydrogen) atoms. The first-order chi connectivity index (χ1) is 7.13. The molecule has 1 fully saturated rings. The first-order valence-corrected chi connectivity index (χ1v) is 6.42. The molecule has 1 aliphatic heterocycles. The van der Waals surface area contributed by atoms with Crippen LogP contribution >= 0.6 is 0 Å². The molecule has 3 unspecified atom stereocenters. The molecule has 0 aromatic heterocycles. The van der Waals surface area contributed by atoms with Crippen molar-refractivity contribution in [1.29, 1.82) is 0 Å². The molecule has 0 radical (unpaired) electrons. The highest BCUT2D eigenvalue weighted by molar-refractivity contribution is 4.81. The first kappa shape index (κ1) is 13.0. The highest BCUT2D eigenvalue weighted by atomic mass is 16.5. The zero-order chi connectivity index (χ0) is 11.3. The number of rotatable bonds is 6. The minimum Gasteiger partial charge on any atom is -0.378 e. The van der Waals surface area contributed by atoms with Gasteiger partial charge in [-0.3, -0.25) is 0 Å². The molecule has 0 bridgehead atoms. The zero-order valence-electron chi connectivity index (χ0n) is 10.8. The summed E-state index contributed by atoms with van der Waals surface area (Å²) in [7, 11) is 2.09. The van der Waals surface area contributed by atoms with E-state index in [9.17, 15) is 0 Å². The summed E-state index contributed by atoms with van der Waals surface area (Å²) in [6, 6.07) is 0.661. The number of nitrogens with one attached hydrogen (secondary N) is 1. The Bertz CT molecular complexity index is 170. The minimum atomic E-state index is 0.468. The lowest BCUT2D eigenvalue weighted by Gasteiger charge is -2.22. The first-order valence-electron chi connectivity index (χ1n) is 6.42. The predicted octanol–water partition coefficient (Wildman–Crippen LogP) is 2.83. The number of ether oxygens (including phenoxy) is 1. The third-order valence-corrected chi connectivity index (χ3v) is 3.47. The van der Waals surface area contributed by atoms with Crippen molar-refractivity contribution < 1.29 is 4.74 Å². The summed E-state index contributed by atoms with van der Waals surface area (Å²) in [5, 5.41) is 3.46. The fourth-order valence-electron chi connectivity index (χ4n) is 2.49. The molecule has 0 amide bonds. The largest absolute Gasteiger partial charge is 0.378 e. The summed E-state index contributed by atoms with van der Waals surface area (Å²) in [5.74, 6) is 1.57. The van der Waals surface area contributed by atoms with Crippen molar-refractivity contribution in [2.45, 2.75) is 58.6 Å². The molecular formula is C13H27NO. The maximum absolute atomic E-state index is 5.64. The zero-order valence-corrected chi connectivity index (χ0v) is 10.8. The van der Waals surface area contributed by atoms with Crippen molar-refractivity contribution in [3.8, 4) is 0 Å². The Hall–Kier alpha value is -0.0800. The van der Waals surface area contributed by atoms with Gasteiger partial charge in [0.05, 0.1) is 12.7 Å². The van der Waals surface area contributed by atoms with Gasteiger partial charge in [0.15, 0.2) is 0 Å². The van der Waals surface area contributed by atoms with Gasteiger partial charge >= 0.3 is 0 Å². The molecule has 1 heterocycles. The molecule has 3 atom stereocenters. The van der Waals surface area contributed by atoms with Gasteiger partial charge in [-0.25, -0.2) is 0 Å². The minimum absolute atomic E-state index is 0.468. The Morgan fingerprint density at radius 1 is 1.33 bits per heavy atom. The van der Waals surface area contributed by atoms with Gasteiger partial charge in [0.25, 0.3) is 0 Å². The molecule has 0 spiro atoms. The van der Waals surface area contributed by atoms with Crippen LogP contribution in [0.5, 0.6) is 0 Å². The molecular weight excluding hydrogens is 186 g/mol. The molecule has 90 valence electrons. The highest BCUT2D eigenvalue weighted by Crippen LogP contribution is 2.25. The van der Waals surface area contributed by atoms with E-state index in [0.717, 1.165) is 18.4 Å². The third-order valence-electron chi connectivity index (χ3n) is 3.47. The van der Waals surface area contributed by atoms with E-state index < -0.39 is 0 Å². The van der Waals surface area contributed by atoms with Gasteiger partial charge in [0.1, 0.15) is 0 Å². The van der Waals surface area contributed by atoms with Gasteiger partial charge in [-0.05, 0) is 32.7 Å². The van der Waals surface area contributed by atoms with Gasteiger partial charge in [-0.15, -0.1) is 0 Å². The van der Waals surface area contributed by atoms with Gasteiger partial charge in [0.2, 0.25) is 0 Å². The van der Waals surface area contributed by atoms with Crippen molar-refractivity contribution in [3.05, 3.63) is 0 Å². The molecule has 2 nitrogen and oxygen atoms in total. The van der Waals surface area contributed by atoms with E-state index in [1.807, 2.05) is 0 Å². The molecule has 0 aromatic rings. The average Bonchev–Trinajstić information content (AvgIpc) is 2.59. The SMILES string of the molecule is CNC(CCCC(C)C)C1COC(C)C1. The van der Waals surface area contributed by atoms with E-state index in [1.165, 1.54) is 25.7 Å². The van der Waals surface area contributed by atoms with Gasteiger partial charge in [0, 0.05) is 12.0 Å². The van der Waals surface area contributed by atoms with Gasteiger partial charge in [-0.2, -0.15) is 0 Å². The van der Waals surface area contributed by atoms with E-state index in [1.54, 1.807) is 0 Å². The maximum atomic E-state index is 5.64. The Labute approximate surface area is 94.8 Å². The number of hydrogen-bond donors (Lipinski definition) is 1. The summed E-state index contributed by atoms with van der Waals surface area (Å²) in [6.45, 7) is 7.74. The van der Waals surface area contributed by atoms with Crippen molar-refractivity contribution in [1.82, 2.24) is 5.32 Å². The monoisotopic (exact) mass is 213 g/mol. The molecule has 0 aromatic carbocycles. The van der Waals surface area contributed by atoms with Crippen LogP contribution in [0.15, 0.2) is 0 Å². The predicted molar refractivity (Wildman–Crippen MR) is 65.1 cm³/mol. The van der Waals surface area contributed by atoms with Crippen LogP contribution in [0.1, 0.15) is 46.5 Å². The van der Waals surface area contributed by atoms with Gasteiger partial charge in [-0.1, -0.05) is 26.7 Å². The summed E-state index contributed by atoms with van der Waals surface area (Å²) >= 11 is 0. The quantitative estimate of drug-likeness (QED) is 0.732. The van der Waals surface area contributed by atoms with Gasteiger partial charge < -0.3 is 10.1 Å². The van der Waals surface area contributed by atoms with E-state index >= 15 is 0 Å². The van der Waals surface area contributed by atoms with Crippen LogP contribution in [-0.2, 0) is 4.74 Å². The Morgan fingerprint density at radius 3 is 2.53 bits per heavy atom. The van der Waals surface area contributed by atoms with E-state index in [0.29, 0.717) is 12.1 Å². The molecule has 1 saturated heterocycles. The lowest BCUT2D eigenvalue weighted by molar-refractivity contribution is 0.116. The van der Waals surface area contributed by atoms with E-state index in [2.05, 4.69) is 33.1 Å². The van der Waals surface area contributed by atoms with Crippen LogP contribution in [0.2, 0.25) is 0 Å². The second-order valence-electron chi connectivity index (χ2n) is 5.36. The Morgan fingerprint density at radius 2 is 2.07 bits per heavy atom. The van der Waals surface area contributed by atoms with Crippen LogP contribution in [0.25, 0.3) is 0 Å². The lowest BCUT2D eigenvalue weighted by atomic mass is 9.92. The summed E-state index contributed by atoms with van der Waals surface area (Å²) in [4.78, 5) is 0. The van der Waals surface area contributed by atoms with E-state index in [4.69, 9.17) is 4.74 Å². The van der Waals surface area contributed by atoms with E-state index in [-0.39, 0.29) is 0 Å². The van der Waals surface area contributed by atoms with Crippen LogP contribution in [0.3, 0.4) is 0 Å². The Kier molecular flexibility index (Phi) is 5.62. The van der Waals surface area contributed by atoms with Crippen molar-refractivity contribution in [2.75, 3.05) is 13.7 Å². The second-order valence-corrected chi connectivity index (χ2v) is 5.36. The molecule has 0 aliphatic carbocycles. The lowest BCUT2D eigenvalue weighted by Crippen LogP contribution is -2.34. The fraction of sp³-hybridized carbons (Fsp3) is 1.00. The Balaban J connectivity index is 2.23. The van der Waals surface area contributed by atoms with Crippen molar-refractivity contribution >= 4 is 0 Å². The molecule has 2 heteroatoms. The van der Waals surface area contributed by atoms with Crippen molar-refractivity contribution in [3.63, 3.8) is 0 Å². The highest BCUT2D eigenvalue weighted by Gasteiger charge is 2.28. The third kappa shape index (κ3) is 4.52. The maximum Gasteiger partial charge on any atom is 0.0551 e. The van der Waals surface area contributed by atoms with Crippen LogP contribution in [-0.4, -0.2) is 25.8 Å². The topological polar surface area (TPSA) is 21.3 Å². The molecule has 1 aliphatic rings. The fourth-order valence-corrected chi connectivity index (χ4v) is 2.49. The molecule has 1 N–H and O–H groups in total. The smallest absolute Gasteiger partial charge is 0.0551 e. The summed E-state index contributed by atoms with van der Waals surface area (Å²) in [6.07, 6.45) is 5.69. The van der Waals surface area contributed by atoms with Crippen molar-refractivity contribution in [2.24, 2.45) is 11.8 Å². The average molecular weight is 213 g/mol. The normalized spacial score (nSPS) is 28.6. The second kappa shape index (κ2) is 6.49.